The van der Waals surface area contributed by atoms with Crippen molar-refractivity contribution in [2.24, 2.45) is 0 Å². The molecule has 31 heavy (non-hydrogen) atoms. The van der Waals surface area contributed by atoms with Crippen LogP contribution in [0.5, 0.6) is 5.75 Å². The number of carbonyl (C=O) groups is 3. The second-order valence-corrected chi connectivity index (χ2v) is 7.53. The molecule has 10 nitrogen and oxygen atoms in total. The van der Waals surface area contributed by atoms with Gasteiger partial charge < -0.3 is 15.4 Å². The number of carbonyl (C=O) groups excluding carboxylic acids is 3. The van der Waals surface area contributed by atoms with Crippen LogP contribution in [0.3, 0.4) is 0 Å². The lowest BCUT2D eigenvalue weighted by molar-refractivity contribution is -0.385. The fraction of sp³-hybridized carbons (Fsp3) is 0.250. The van der Waals surface area contributed by atoms with E-state index in [4.69, 9.17) is 16.3 Å². The predicted molar refractivity (Wildman–Crippen MR) is 112 cm³/mol. The summed E-state index contributed by atoms with van der Waals surface area (Å²) in [6, 6.07) is 8.31. The summed E-state index contributed by atoms with van der Waals surface area (Å²) in [4.78, 5) is 49.2. The average molecular weight is 447 g/mol. The number of nitrogens with one attached hydrogen (secondary N) is 2. The first-order valence-electron chi connectivity index (χ1n) is 9.10. The van der Waals surface area contributed by atoms with Gasteiger partial charge in [0.05, 0.1) is 12.0 Å². The second kappa shape index (κ2) is 8.23. The first-order valence-corrected chi connectivity index (χ1v) is 9.47. The molecule has 11 heteroatoms. The van der Waals surface area contributed by atoms with Crippen molar-refractivity contribution in [2.75, 3.05) is 19.0 Å². The van der Waals surface area contributed by atoms with E-state index in [1.807, 2.05) is 0 Å². The Balaban J connectivity index is 1.78. The Morgan fingerprint density at radius 2 is 1.94 bits per heavy atom. The number of urea groups is 1. The lowest BCUT2D eigenvalue weighted by Gasteiger charge is -2.22. The minimum Gasteiger partial charge on any atom is -0.490 e. The lowest BCUT2D eigenvalue weighted by Crippen LogP contribution is -2.42. The van der Waals surface area contributed by atoms with E-state index in [1.54, 1.807) is 38.1 Å². The van der Waals surface area contributed by atoms with E-state index in [2.05, 4.69) is 10.6 Å². The summed E-state index contributed by atoms with van der Waals surface area (Å²) < 4.78 is 5.01. The third kappa shape index (κ3) is 4.15. The first kappa shape index (κ1) is 22.0. The zero-order chi connectivity index (χ0) is 22.9. The van der Waals surface area contributed by atoms with Crippen LogP contribution in [0.1, 0.15) is 18.1 Å². The van der Waals surface area contributed by atoms with Gasteiger partial charge in [0.25, 0.3) is 5.91 Å². The van der Waals surface area contributed by atoms with Crippen LogP contribution >= 0.6 is 11.6 Å². The summed E-state index contributed by atoms with van der Waals surface area (Å²) in [5, 5.41) is 16.8. The molecule has 3 rings (SSSR count). The highest BCUT2D eigenvalue weighted by atomic mass is 35.5. The molecule has 0 aromatic heterocycles. The number of imide groups is 1. The highest BCUT2D eigenvalue weighted by molar-refractivity contribution is 6.30. The number of aryl methyl sites for hydroxylation is 1. The van der Waals surface area contributed by atoms with Crippen molar-refractivity contribution < 1.29 is 24.0 Å². The molecule has 2 N–H and O–H groups in total. The number of nitro groups is 1. The summed E-state index contributed by atoms with van der Waals surface area (Å²) in [7, 11) is 1.27. The average Bonchev–Trinajstić information content (AvgIpc) is 2.93. The van der Waals surface area contributed by atoms with Gasteiger partial charge in [-0.2, -0.15) is 0 Å². The predicted octanol–water partition coefficient (Wildman–Crippen LogP) is 2.97. The molecule has 2 aromatic rings. The number of methoxy groups -OCH3 is 1. The fourth-order valence-electron chi connectivity index (χ4n) is 3.27. The highest BCUT2D eigenvalue weighted by Gasteiger charge is 2.49. The molecule has 1 heterocycles. The molecule has 1 aliphatic rings. The van der Waals surface area contributed by atoms with Crippen LogP contribution in [0.4, 0.5) is 16.2 Å². The quantitative estimate of drug-likeness (QED) is 0.398. The number of hydrogen-bond acceptors (Lipinski definition) is 6. The van der Waals surface area contributed by atoms with Gasteiger partial charge in [-0.15, -0.1) is 0 Å². The van der Waals surface area contributed by atoms with Crippen LogP contribution < -0.4 is 15.4 Å². The number of hydrogen-bond donors (Lipinski definition) is 2. The largest absolute Gasteiger partial charge is 0.490 e. The van der Waals surface area contributed by atoms with E-state index >= 15 is 0 Å². The van der Waals surface area contributed by atoms with Gasteiger partial charge >= 0.3 is 11.7 Å². The Morgan fingerprint density at radius 1 is 1.29 bits per heavy atom. The SMILES string of the molecule is COc1cc(NC(=O)CN2C(=O)NC(C)(c3ccc(Cl)cc3)C2=O)c(C)cc1[N+](=O)[O-]. The number of amides is 4. The number of nitrogens with zero attached hydrogens (tertiary/aromatic N) is 2. The van der Waals surface area contributed by atoms with E-state index in [1.165, 1.54) is 19.2 Å². The van der Waals surface area contributed by atoms with Crippen molar-refractivity contribution in [1.29, 1.82) is 0 Å². The zero-order valence-electron chi connectivity index (χ0n) is 16.9. The van der Waals surface area contributed by atoms with E-state index in [9.17, 15) is 24.5 Å². The maximum Gasteiger partial charge on any atom is 0.325 e. The maximum absolute atomic E-state index is 12.9. The third-order valence-electron chi connectivity index (χ3n) is 4.99. The Bertz CT molecular complexity index is 1090. The molecule has 1 fully saturated rings. The molecule has 0 bridgehead atoms. The first-order chi connectivity index (χ1) is 14.6. The van der Waals surface area contributed by atoms with Gasteiger partial charge in [-0.25, -0.2) is 4.79 Å². The van der Waals surface area contributed by atoms with Gasteiger partial charge in [0.15, 0.2) is 5.75 Å². The van der Waals surface area contributed by atoms with Gasteiger partial charge in [0, 0.05) is 22.8 Å². The van der Waals surface area contributed by atoms with Crippen molar-refractivity contribution in [3.63, 3.8) is 0 Å². The number of nitro benzene ring substituents is 1. The van der Waals surface area contributed by atoms with Gasteiger partial charge in [-0.05, 0) is 37.1 Å². The molecule has 0 aliphatic carbocycles. The molecule has 0 spiro atoms. The summed E-state index contributed by atoms with van der Waals surface area (Å²) in [5.74, 6) is -1.27. The van der Waals surface area contributed by atoms with Gasteiger partial charge in [0.1, 0.15) is 12.1 Å². The number of rotatable bonds is 6. The summed E-state index contributed by atoms with van der Waals surface area (Å²) in [6.45, 7) is 2.58. The normalized spacial score (nSPS) is 18.0. The van der Waals surface area contributed by atoms with Crippen molar-refractivity contribution >= 4 is 40.8 Å². The number of benzene rings is 2. The van der Waals surface area contributed by atoms with Gasteiger partial charge in [-0.1, -0.05) is 23.7 Å². The molecular formula is C20H19ClN4O6. The molecule has 1 aliphatic heterocycles. The molecular weight excluding hydrogens is 428 g/mol. The van der Waals surface area contributed by atoms with Crippen molar-refractivity contribution in [3.05, 3.63) is 62.7 Å². The summed E-state index contributed by atoms with van der Waals surface area (Å²) in [6.07, 6.45) is 0. The Labute approximate surface area is 182 Å². The minimum absolute atomic E-state index is 0.0313. The Morgan fingerprint density at radius 3 is 2.52 bits per heavy atom. The van der Waals surface area contributed by atoms with E-state index in [-0.39, 0.29) is 17.1 Å². The van der Waals surface area contributed by atoms with E-state index in [0.717, 1.165) is 4.90 Å². The molecule has 2 aromatic carbocycles. The van der Waals surface area contributed by atoms with E-state index in [0.29, 0.717) is 16.1 Å². The lowest BCUT2D eigenvalue weighted by atomic mass is 9.92. The highest BCUT2D eigenvalue weighted by Crippen LogP contribution is 2.33. The van der Waals surface area contributed by atoms with Crippen LogP contribution in [0, 0.1) is 17.0 Å². The zero-order valence-corrected chi connectivity index (χ0v) is 17.6. The van der Waals surface area contributed by atoms with Gasteiger partial charge in [0.2, 0.25) is 5.91 Å². The third-order valence-corrected chi connectivity index (χ3v) is 5.25. The molecule has 162 valence electrons. The summed E-state index contributed by atoms with van der Waals surface area (Å²) in [5.41, 5.74) is -0.377. The molecule has 1 atom stereocenters. The molecule has 0 radical (unpaired) electrons. The number of halogens is 1. The van der Waals surface area contributed by atoms with Gasteiger partial charge in [-0.3, -0.25) is 24.6 Å². The smallest absolute Gasteiger partial charge is 0.325 e. The molecule has 1 unspecified atom stereocenters. The van der Waals surface area contributed by atoms with Crippen LogP contribution in [0.2, 0.25) is 5.02 Å². The minimum atomic E-state index is -1.34. The number of ether oxygens (including phenoxy) is 1. The topological polar surface area (TPSA) is 131 Å². The molecule has 4 amide bonds. The second-order valence-electron chi connectivity index (χ2n) is 7.10. The van der Waals surface area contributed by atoms with Crippen molar-refractivity contribution in [1.82, 2.24) is 10.2 Å². The Hall–Kier alpha value is -3.66. The van der Waals surface area contributed by atoms with Crippen LogP contribution in [0.25, 0.3) is 0 Å². The fourth-order valence-corrected chi connectivity index (χ4v) is 3.39. The molecule has 1 saturated heterocycles. The van der Waals surface area contributed by atoms with Crippen LogP contribution in [0.15, 0.2) is 36.4 Å². The number of anilines is 1. The standard InChI is InChI=1S/C20H19ClN4O6/c1-11-8-15(25(29)30)16(31-3)9-14(11)22-17(26)10-24-18(27)20(2,23-19(24)28)12-4-6-13(21)7-5-12/h4-9H,10H2,1-3H3,(H,22,26)(H,23,28). The van der Waals surface area contributed by atoms with Crippen molar-refractivity contribution in [3.8, 4) is 5.75 Å². The monoisotopic (exact) mass is 446 g/mol. The van der Waals surface area contributed by atoms with Crippen molar-refractivity contribution in [2.45, 2.75) is 19.4 Å². The Kier molecular flexibility index (Phi) is 5.85. The maximum atomic E-state index is 12.9. The van der Waals surface area contributed by atoms with Crippen LogP contribution in [-0.4, -0.2) is 41.3 Å². The summed E-state index contributed by atoms with van der Waals surface area (Å²) >= 11 is 5.88. The molecule has 0 saturated carbocycles. The van der Waals surface area contributed by atoms with Crippen LogP contribution in [-0.2, 0) is 15.1 Å². The van der Waals surface area contributed by atoms with E-state index < -0.39 is 34.9 Å².